The molecule has 0 amide bonds. The Morgan fingerprint density at radius 1 is 1.22 bits per heavy atom. The molecule has 0 bridgehead atoms. The molecule has 1 aliphatic heterocycles. The lowest BCUT2D eigenvalue weighted by atomic mass is 9.86. The first-order valence-corrected chi connectivity index (χ1v) is 8.10. The van der Waals surface area contributed by atoms with Gasteiger partial charge in [0.25, 0.3) is 0 Å². The average molecular weight is 324 g/mol. The van der Waals surface area contributed by atoms with Gasteiger partial charge in [0.15, 0.2) is 0 Å². The van der Waals surface area contributed by atoms with Gasteiger partial charge < -0.3 is 18.8 Å². The number of allylic oxidation sites excluding steroid dienone is 2. The van der Waals surface area contributed by atoms with Crippen LogP contribution >= 0.6 is 0 Å². The molecule has 5 nitrogen and oxygen atoms in total. The molecule has 0 radical (unpaired) electrons. The van der Waals surface area contributed by atoms with Gasteiger partial charge in [0.05, 0.1) is 17.8 Å². The Morgan fingerprint density at radius 3 is 2.30 bits per heavy atom. The molecule has 0 spiro atoms. The molecule has 0 aliphatic carbocycles. The van der Waals surface area contributed by atoms with Gasteiger partial charge in [0.1, 0.15) is 6.10 Å². The van der Waals surface area contributed by atoms with Crippen LogP contribution in [-0.4, -0.2) is 37.2 Å². The average Bonchev–Trinajstić information content (AvgIpc) is 2.56. The van der Waals surface area contributed by atoms with E-state index in [1.807, 2.05) is 52.7 Å². The fraction of sp³-hybridized carbons (Fsp3) is 0.706. The molecule has 0 saturated carbocycles. The number of hydrogen-bond donors (Lipinski definition) is 0. The van der Waals surface area contributed by atoms with Crippen LogP contribution in [0.3, 0.4) is 0 Å². The summed E-state index contributed by atoms with van der Waals surface area (Å²) in [5.41, 5.74) is 0.474. The number of hydrogen-bond acceptors (Lipinski definition) is 5. The van der Waals surface area contributed by atoms with Crippen molar-refractivity contribution in [3.8, 4) is 0 Å². The van der Waals surface area contributed by atoms with Gasteiger partial charge in [0.2, 0.25) is 0 Å². The molecule has 0 N–H and O–H groups in total. The lowest BCUT2D eigenvalue weighted by Gasteiger charge is -2.32. The Bertz CT molecular complexity index is 452. The normalized spacial score (nSPS) is 21.5. The monoisotopic (exact) mass is 324 g/mol. The van der Waals surface area contributed by atoms with Gasteiger partial charge in [-0.2, -0.15) is 0 Å². The molecule has 0 aromatic rings. The topological polar surface area (TPSA) is 54.0 Å². The third-order valence-electron chi connectivity index (χ3n) is 4.08. The van der Waals surface area contributed by atoms with Crippen LogP contribution in [0, 0.1) is 0 Å². The fourth-order valence-corrected chi connectivity index (χ4v) is 2.05. The third kappa shape index (κ3) is 6.03. The first-order chi connectivity index (χ1) is 10.6. The standard InChI is InChI=1S/C17H29BO5/c1-8-20-15(19)21-14(3)11-9-10-13(2)12-18-22-16(4,5)17(6,7)23-18/h9,11-12,14H,8,10H2,1-7H3/b11-9+,13-12-. The van der Waals surface area contributed by atoms with Crippen LogP contribution in [0.1, 0.15) is 54.9 Å². The molecule has 1 saturated heterocycles. The zero-order valence-electron chi connectivity index (χ0n) is 15.3. The summed E-state index contributed by atoms with van der Waals surface area (Å²) in [6, 6.07) is 0. The molecular formula is C17H29BO5. The summed E-state index contributed by atoms with van der Waals surface area (Å²) in [6.45, 7) is 14.0. The highest BCUT2D eigenvalue weighted by molar-refractivity contribution is 6.51. The van der Waals surface area contributed by atoms with Crippen LogP contribution in [0.5, 0.6) is 0 Å². The Labute approximate surface area is 140 Å². The molecular weight excluding hydrogens is 295 g/mol. The van der Waals surface area contributed by atoms with E-state index in [0.717, 1.165) is 12.0 Å². The second-order valence-corrected chi connectivity index (χ2v) is 6.78. The van der Waals surface area contributed by atoms with Crippen LogP contribution in [-0.2, 0) is 18.8 Å². The summed E-state index contributed by atoms with van der Waals surface area (Å²) < 4.78 is 21.6. The largest absolute Gasteiger partial charge is 0.508 e. The number of ether oxygens (including phenoxy) is 2. The second-order valence-electron chi connectivity index (χ2n) is 6.78. The smallest absolute Gasteiger partial charge is 0.435 e. The highest BCUT2D eigenvalue weighted by atomic mass is 16.7. The van der Waals surface area contributed by atoms with Crippen LogP contribution < -0.4 is 0 Å². The van der Waals surface area contributed by atoms with Crippen molar-refractivity contribution in [2.24, 2.45) is 0 Å². The van der Waals surface area contributed by atoms with Crippen molar-refractivity contribution in [2.45, 2.75) is 72.2 Å². The van der Waals surface area contributed by atoms with E-state index in [2.05, 4.69) is 0 Å². The molecule has 1 atom stereocenters. The van der Waals surface area contributed by atoms with Crippen molar-refractivity contribution < 1.29 is 23.6 Å². The number of carbonyl (C=O) groups excluding carboxylic acids is 1. The Morgan fingerprint density at radius 2 is 1.78 bits per heavy atom. The summed E-state index contributed by atoms with van der Waals surface area (Å²) in [5.74, 6) is 1.98. The van der Waals surface area contributed by atoms with Gasteiger partial charge in [-0.15, -0.1) is 0 Å². The van der Waals surface area contributed by atoms with Crippen molar-refractivity contribution in [3.63, 3.8) is 0 Å². The Balaban J connectivity index is 2.46. The van der Waals surface area contributed by atoms with E-state index in [-0.39, 0.29) is 24.4 Å². The van der Waals surface area contributed by atoms with Crippen LogP contribution in [0.4, 0.5) is 4.79 Å². The maximum absolute atomic E-state index is 11.2. The van der Waals surface area contributed by atoms with Gasteiger partial charge in [0, 0.05) is 0 Å². The van der Waals surface area contributed by atoms with Crippen molar-refractivity contribution in [3.05, 3.63) is 23.7 Å². The SMILES string of the molecule is CCOC(=O)OC(C)/C=C/C/C(C)=C\B1OC(C)(C)C(C)(C)O1. The zero-order chi connectivity index (χ0) is 17.7. The summed E-state index contributed by atoms with van der Waals surface area (Å²) in [4.78, 5) is 11.2. The third-order valence-corrected chi connectivity index (χ3v) is 4.08. The van der Waals surface area contributed by atoms with E-state index in [9.17, 15) is 4.79 Å². The minimum absolute atomic E-state index is 0.311. The van der Waals surface area contributed by atoms with Crippen LogP contribution in [0.25, 0.3) is 0 Å². The van der Waals surface area contributed by atoms with E-state index in [1.54, 1.807) is 13.8 Å². The summed E-state index contributed by atoms with van der Waals surface area (Å²) in [5, 5.41) is 0. The van der Waals surface area contributed by atoms with E-state index in [4.69, 9.17) is 18.8 Å². The lowest BCUT2D eigenvalue weighted by Crippen LogP contribution is -2.41. The van der Waals surface area contributed by atoms with Gasteiger partial charge in [-0.1, -0.05) is 17.6 Å². The van der Waals surface area contributed by atoms with Crippen LogP contribution in [0.15, 0.2) is 23.7 Å². The zero-order valence-corrected chi connectivity index (χ0v) is 15.3. The molecule has 0 aromatic heterocycles. The van der Waals surface area contributed by atoms with Gasteiger partial charge in [-0.25, -0.2) is 4.79 Å². The van der Waals surface area contributed by atoms with Gasteiger partial charge in [-0.05, 0) is 61.0 Å². The predicted octanol–water partition coefficient (Wildman–Crippen LogP) is 4.07. The number of carbonyl (C=O) groups is 1. The van der Waals surface area contributed by atoms with Crippen molar-refractivity contribution in [1.29, 1.82) is 0 Å². The first-order valence-electron chi connectivity index (χ1n) is 8.10. The van der Waals surface area contributed by atoms with Gasteiger partial charge in [-0.3, -0.25) is 0 Å². The van der Waals surface area contributed by atoms with Gasteiger partial charge >= 0.3 is 13.3 Å². The Kier molecular flexibility index (Phi) is 6.90. The predicted molar refractivity (Wildman–Crippen MR) is 91.2 cm³/mol. The molecule has 1 unspecified atom stereocenters. The highest BCUT2D eigenvalue weighted by Crippen LogP contribution is 2.37. The minimum Gasteiger partial charge on any atom is -0.435 e. The first kappa shape index (κ1) is 19.8. The maximum Gasteiger partial charge on any atom is 0.508 e. The Hall–Kier alpha value is -1.27. The van der Waals surface area contributed by atoms with E-state index >= 15 is 0 Å². The quantitative estimate of drug-likeness (QED) is 0.419. The van der Waals surface area contributed by atoms with Crippen molar-refractivity contribution in [1.82, 2.24) is 0 Å². The van der Waals surface area contributed by atoms with Crippen LogP contribution in [0.2, 0.25) is 0 Å². The molecule has 1 fully saturated rings. The summed E-state index contributed by atoms with van der Waals surface area (Å²) in [7, 11) is -0.332. The maximum atomic E-state index is 11.2. The minimum atomic E-state index is -0.644. The molecule has 130 valence electrons. The molecule has 1 rings (SSSR count). The van der Waals surface area contributed by atoms with E-state index < -0.39 is 6.16 Å². The molecule has 1 heterocycles. The summed E-state index contributed by atoms with van der Waals surface area (Å²) >= 11 is 0. The highest BCUT2D eigenvalue weighted by Gasteiger charge is 2.50. The summed E-state index contributed by atoms with van der Waals surface area (Å²) in [6.07, 6.45) is 3.56. The van der Waals surface area contributed by atoms with Crippen molar-refractivity contribution in [2.75, 3.05) is 6.61 Å². The second kappa shape index (κ2) is 8.02. The molecule has 0 aromatic carbocycles. The number of rotatable bonds is 6. The van der Waals surface area contributed by atoms with E-state index in [1.165, 1.54) is 0 Å². The molecule has 6 heteroatoms. The molecule has 1 aliphatic rings. The van der Waals surface area contributed by atoms with Crippen molar-refractivity contribution >= 4 is 13.3 Å². The van der Waals surface area contributed by atoms with E-state index in [0.29, 0.717) is 6.61 Å². The lowest BCUT2D eigenvalue weighted by molar-refractivity contribution is 0.00578. The molecule has 23 heavy (non-hydrogen) atoms. The fourth-order valence-electron chi connectivity index (χ4n) is 2.05.